The first-order chi connectivity index (χ1) is 18.4. The number of carbonyl (C=O) groups is 2. The van der Waals surface area contributed by atoms with Gasteiger partial charge in [-0.1, -0.05) is 141 Å². The normalized spacial score (nSPS) is 11.7. The molecule has 0 heterocycles. The lowest BCUT2D eigenvalue weighted by molar-refractivity contribution is -0.115. The van der Waals surface area contributed by atoms with E-state index in [1.807, 2.05) is 24.3 Å². The van der Waals surface area contributed by atoms with Crippen LogP contribution in [0.5, 0.6) is 0 Å². The quantitative estimate of drug-likeness (QED) is 0.0502. The molecule has 0 radical (unpaired) electrons. The van der Waals surface area contributed by atoms with Crippen molar-refractivity contribution >= 4 is 18.7 Å². The molecule has 1 rings (SSSR count). The van der Waals surface area contributed by atoms with Gasteiger partial charge in [0.2, 0.25) is 0 Å². The Balaban J connectivity index is 2.54. The fraction of sp³-hybridized carbons (Fsp3) is 0.765. The van der Waals surface area contributed by atoms with E-state index in [2.05, 4.69) is 20.8 Å². The Hall–Kier alpha value is -1.21. The highest BCUT2D eigenvalue weighted by atomic mass is 31.2. The second-order valence-electron chi connectivity index (χ2n) is 11.6. The molecule has 1 aromatic rings. The Morgan fingerprint density at radius 3 is 1.47 bits per heavy atom. The van der Waals surface area contributed by atoms with Crippen molar-refractivity contribution in [1.82, 2.24) is 0 Å². The number of hydrogen-bond acceptors (Lipinski definition) is 3. The first-order valence-corrected chi connectivity index (χ1v) is 18.4. The number of unbranched alkanes of at least 4 members (excludes halogenated alkanes) is 15. The van der Waals surface area contributed by atoms with Crippen LogP contribution in [0.1, 0.15) is 159 Å². The van der Waals surface area contributed by atoms with Crippen LogP contribution in [-0.2, 0) is 15.8 Å². The van der Waals surface area contributed by atoms with Crippen LogP contribution in [0.3, 0.4) is 0 Å². The molecule has 0 saturated heterocycles. The summed E-state index contributed by atoms with van der Waals surface area (Å²) in [5.41, 5.74) is 1.86. The van der Waals surface area contributed by atoms with Crippen LogP contribution in [0, 0.1) is 0 Å². The minimum atomic E-state index is -2.57. The summed E-state index contributed by atoms with van der Waals surface area (Å²) in [7, 11) is -2.57. The molecule has 0 atom stereocenters. The van der Waals surface area contributed by atoms with Crippen molar-refractivity contribution in [3.05, 3.63) is 35.4 Å². The van der Waals surface area contributed by atoms with Crippen LogP contribution in [0.2, 0.25) is 0 Å². The molecule has 0 aliphatic heterocycles. The molecule has 0 bridgehead atoms. The molecule has 0 amide bonds. The van der Waals surface area contributed by atoms with E-state index in [-0.39, 0.29) is 24.1 Å². The molecule has 0 saturated carbocycles. The topological polar surface area (TPSA) is 51.2 Å². The average Bonchev–Trinajstić information content (AvgIpc) is 2.90. The van der Waals surface area contributed by atoms with Crippen molar-refractivity contribution in [1.29, 1.82) is 0 Å². The van der Waals surface area contributed by atoms with Gasteiger partial charge in [-0.05, 0) is 31.2 Å². The molecular formula is C34H59O3P. The van der Waals surface area contributed by atoms with Gasteiger partial charge in [-0.3, -0.25) is 9.59 Å². The van der Waals surface area contributed by atoms with Crippen molar-refractivity contribution in [2.24, 2.45) is 0 Å². The average molecular weight is 547 g/mol. The first-order valence-electron chi connectivity index (χ1n) is 16.1. The fourth-order valence-electron chi connectivity index (χ4n) is 5.26. The zero-order valence-electron chi connectivity index (χ0n) is 25.2. The molecule has 0 fully saturated rings. The fourth-order valence-corrected chi connectivity index (χ4v) is 8.15. The first kappa shape index (κ1) is 34.8. The largest absolute Gasteiger partial charge is 0.323 e. The zero-order valence-corrected chi connectivity index (χ0v) is 26.1. The molecule has 218 valence electrons. The molecule has 3 nitrogen and oxygen atoms in total. The van der Waals surface area contributed by atoms with Gasteiger partial charge in [-0.15, -0.1) is 0 Å². The molecule has 0 spiro atoms. The lowest BCUT2D eigenvalue weighted by Gasteiger charge is -2.18. The van der Waals surface area contributed by atoms with Gasteiger partial charge in [0, 0.05) is 17.9 Å². The Bertz CT molecular complexity index is 763. The van der Waals surface area contributed by atoms with E-state index in [4.69, 9.17) is 0 Å². The van der Waals surface area contributed by atoms with Gasteiger partial charge in [0.1, 0.15) is 5.78 Å². The van der Waals surface area contributed by atoms with E-state index in [0.717, 1.165) is 32.1 Å². The van der Waals surface area contributed by atoms with Crippen LogP contribution in [0.4, 0.5) is 0 Å². The van der Waals surface area contributed by atoms with Gasteiger partial charge in [-0.25, -0.2) is 0 Å². The molecule has 0 unspecified atom stereocenters. The zero-order chi connectivity index (χ0) is 27.9. The number of ketones is 2. The monoisotopic (exact) mass is 546 g/mol. The molecule has 1 aromatic carbocycles. The molecule has 0 aliphatic rings. The van der Waals surface area contributed by atoms with Crippen molar-refractivity contribution in [3.63, 3.8) is 0 Å². The number of rotatable bonds is 26. The van der Waals surface area contributed by atoms with E-state index in [1.165, 1.54) is 95.5 Å². The Morgan fingerprint density at radius 2 is 1.00 bits per heavy atom. The number of carbonyl (C=O) groups excluding carboxylic acids is 2. The van der Waals surface area contributed by atoms with E-state index < -0.39 is 7.14 Å². The summed E-state index contributed by atoms with van der Waals surface area (Å²) in [5.74, 6) is -0.266. The summed E-state index contributed by atoms with van der Waals surface area (Å²) in [6.07, 6.45) is 23.9. The maximum atomic E-state index is 13.8. The summed E-state index contributed by atoms with van der Waals surface area (Å²) in [6, 6.07) is 7.81. The molecule has 0 N–H and O–H groups in total. The summed E-state index contributed by atoms with van der Waals surface area (Å²) >= 11 is 0. The molecule has 0 aliphatic carbocycles. The third-order valence-corrected chi connectivity index (χ3v) is 10.9. The van der Waals surface area contributed by atoms with Crippen LogP contribution >= 0.6 is 7.14 Å². The van der Waals surface area contributed by atoms with Crippen molar-refractivity contribution in [2.75, 3.05) is 18.5 Å². The second kappa shape index (κ2) is 22.6. The van der Waals surface area contributed by atoms with Crippen molar-refractivity contribution < 1.29 is 14.2 Å². The molecule has 4 heteroatoms. The maximum Gasteiger partial charge on any atom is 0.170 e. The van der Waals surface area contributed by atoms with E-state index >= 15 is 0 Å². The van der Waals surface area contributed by atoms with E-state index in [1.54, 1.807) is 0 Å². The predicted molar refractivity (Wildman–Crippen MR) is 166 cm³/mol. The smallest absolute Gasteiger partial charge is 0.170 e. The van der Waals surface area contributed by atoms with E-state index in [9.17, 15) is 14.2 Å². The minimum Gasteiger partial charge on any atom is -0.323 e. The van der Waals surface area contributed by atoms with Gasteiger partial charge in [0.15, 0.2) is 5.78 Å². The van der Waals surface area contributed by atoms with Gasteiger partial charge in [0.05, 0.1) is 19.7 Å². The van der Waals surface area contributed by atoms with Gasteiger partial charge in [0.25, 0.3) is 0 Å². The molecule has 0 aromatic heterocycles. The third kappa shape index (κ3) is 17.4. The number of hydrogen-bond donors (Lipinski definition) is 0. The number of Topliss-reactive ketones (excluding diaryl/α,β-unsaturated/α-hetero) is 2. The molecular weight excluding hydrogens is 487 g/mol. The van der Waals surface area contributed by atoms with Gasteiger partial charge >= 0.3 is 0 Å². The summed E-state index contributed by atoms with van der Waals surface area (Å²) in [5, 5.41) is 0. The van der Waals surface area contributed by atoms with Crippen LogP contribution < -0.4 is 0 Å². The minimum absolute atomic E-state index is 0.110. The number of aryl methyl sites for hydroxylation is 1. The van der Waals surface area contributed by atoms with Crippen LogP contribution in [0.25, 0.3) is 0 Å². The summed E-state index contributed by atoms with van der Waals surface area (Å²) in [6.45, 7) is 6.67. The summed E-state index contributed by atoms with van der Waals surface area (Å²) < 4.78 is 13.8. The van der Waals surface area contributed by atoms with Crippen molar-refractivity contribution in [3.8, 4) is 0 Å². The highest BCUT2D eigenvalue weighted by Crippen LogP contribution is 2.47. The van der Waals surface area contributed by atoms with E-state index in [0.29, 0.717) is 17.9 Å². The van der Waals surface area contributed by atoms with Gasteiger partial charge in [-0.2, -0.15) is 0 Å². The van der Waals surface area contributed by atoms with Crippen LogP contribution in [-0.4, -0.2) is 30.1 Å². The Kier molecular flexibility index (Phi) is 20.7. The number of benzene rings is 1. The summed E-state index contributed by atoms with van der Waals surface area (Å²) in [4.78, 5) is 25.7. The van der Waals surface area contributed by atoms with Gasteiger partial charge < -0.3 is 4.57 Å². The Labute approximate surface area is 235 Å². The van der Waals surface area contributed by atoms with Crippen LogP contribution in [0.15, 0.2) is 24.3 Å². The standard InChI is InChI=1S/C34H59O3P/c1-4-7-10-13-16-19-22-31-23-25-32(26-24-31)34(36)29-33(35)30-38(37,27-20-17-14-11-8-5-2)28-21-18-15-12-9-6-3/h23-26H,4-22,27-30H2,1-3H3. The Morgan fingerprint density at radius 1 is 0.579 bits per heavy atom. The second-order valence-corrected chi connectivity index (χ2v) is 14.9. The highest BCUT2D eigenvalue weighted by molar-refractivity contribution is 7.64. The third-order valence-electron chi connectivity index (χ3n) is 7.76. The SMILES string of the molecule is CCCCCCCCc1ccc(C(=O)CC(=O)CP(=O)(CCCCCCCC)CCCCCCCC)cc1. The maximum absolute atomic E-state index is 13.8. The lowest BCUT2D eigenvalue weighted by atomic mass is 10.0. The van der Waals surface area contributed by atoms with Crippen molar-refractivity contribution in [2.45, 2.75) is 149 Å². The highest BCUT2D eigenvalue weighted by Gasteiger charge is 2.26. The predicted octanol–water partition coefficient (Wildman–Crippen LogP) is 10.8. The molecule has 38 heavy (non-hydrogen) atoms. The lowest BCUT2D eigenvalue weighted by Crippen LogP contribution is -2.15.